The molecule has 1 aromatic carbocycles. The van der Waals surface area contributed by atoms with Gasteiger partial charge in [-0.3, -0.25) is 0 Å². The number of aromatic hydroxyl groups is 1. The maximum atomic E-state index is 9.54. The van der Waals surface area contributed by atoms with Gasteiger partial charge in [0.05, 0.1) is 0 Å². The highest BCUT2D eigenvalue weighted by atomic mass is 32.2. The Labute approximate surface area is 102 Å². The third-order valence-electron chi connectivity index (χ3n) is 2.51. The summed E-state index contributed by atoms with van der Waals surface area (Å²) in [6.45, 7) is 1.79. The van der Waals surface area contributed by atoms with Crippen molar-refractivity contribution in [2.75, 3.05) is 18.6 Å². The van der Waals surface area contributed by atoms with Crippen molar-refractivity contribution in [1.29, 1.82) is 0 Å². The first kappa shape index (κ1) is 13.4. The Balaban J connectivity index is 2.05. The van der Waals surface area contributed by atoms with Gasteiger partial charge in [-0.2, -0.15) is 11.8 Å². The summed E-state index contributed by atoms with van der Waals surface area (Å²) in [5.41, 5.74) is 0.978. The highest BCUT2D eigenvalue weighted by molar-refractivity contribution is 7.98. The normalized spacial score (nSPS) is 10.6. The molecule has 0 heterocycles. The molecule has 16 heavy (non-hydrogen) atoms. The van der Waals surface area contributed by atoms with E-state index in [1.165, 1.54) is 25.0 Å². The molecule has 0 bridgehead atoms. The van der Waals surface area contributed by atoms with Gasteiger partial charge in [-0.25, -0.2) is 0 Å². The van der Waals surface area contributed by atoms with Crippen LogP contribution in [0.25, 0.3) is 0 Å². The minimum Gasteiger partial charge on any atom is -0.508 e. The number of hydrogen-bond acceptors (Lipinski definition) is 3. The van der Waals surface area contributed by atoms with E-state index < -0.39 is 0 Å². The average Bonchev–Trinajstić information content (AvgIpc) is 2.30. The minimum atomic E-state index is 0.386. The molecule has 0 saturated heterocycles. The summed E-state index contributed by atoms with van der Waals surface area (Å²) in [6, 6.07) is 7.49. The third kappa shape index (κ3) is 5.42. The maximum absolute atomic E-state index is 9.54. The summed E-state index contributed by atoms with van der Waals surface area (Å²) < 4.78 is 0. The van der Waals surface area contributed by atoms with Crippen LogP contribution in [0, 0.1) is 0 Å². The van der Waals surface area contributed by atoms with Crippen molar-refractivity contribution in [1.82, 2.24) is 5.32 Å². The van der Waals surface area contributed by atoms with Crippen molar-refractivity contribution >= 4 is 11.8 Å². The van der Waals surface area contributed by atoms with Crippen LogP contribution in [-0.4, -0.2) is 23.7 Å². The molecule has 2 N–H and O–H groups in total. The Morgan fingerprint density at radius 1 is 1.19 bits per heavy atom. The van der Waals surface area contributed by atoms with Crippen molar-refractivity contribution < 1.29 is 5.11 Å². The zero-order valence-electron chi connectivity index (χ0n) is 9.91. The molecule has 0 unspecified atom stereocenters. The van der Waals surface area contributed by atoms with Gasteiger partial charge in [0.15, 0.2) is 0 Å². The molecule has 0 aliphatic rings. The topological polar surface area (TPSA) is 32.3 Å². The van der Waals surface area contributed by atoms with Crippen LogP contribution in [0.4, 0.5) is 0 Å². The lowest BCUT2D eigenvalue weighted by molar-refractivity contribution is 0.464. The van der Waals surface area contributed by atoms with Crippen LogP contribution < -0.4 is 5.32 Å². The fourth-order valence-electron chi connectivity index (χ4n) is 1.56. The Hall–Kier alpha value is -0.670. The first-order valence-corrected chi connectivity index (χ1v) is 7.20. The van der Waals surface area contributed by atoms with E-state index in [1.807, 2.05) is 30.0 Å². The Kier molecular flexibility index (Phi) is 7.10. The van der Waals surface area contributed by atoms with E-state index in [4.69, 9.17) is 0 Å². The van der Waals surface area contributed by atoms with Crippen LogP contribution >= 0.6 is 11.8 Å². The molecular formula is C13H21NOS. The molecule has 0 fully saturated rings. The molecule has 0 spiro atoms. The van der Waals surface area contributed by atoms with Crippen molar-refractivity contribution in [3.05, 3.63) is 29.8 Å². The van der Waals surface area contributed by atoms with Gasteiger partial charge < -0.3 is 10.4 Å². The second-order valence-corrected chi connectivity index (χ2v) is 4.84. The smallest absolute Gasteiger partial charge is 0.120 e. The predicted octanol–water partition coefficient (Wildman–Crippen LogP) is 3.02. The number of thioether (sulfide) groups is 1. The highest BCUT2D eigenvalue weighted by Gasteiger charge is 1.97. The summed E-state index contributed by atoms with van der Waals surface area (Å²) in [5, 5.41) is 12.9. The van der Waals surface area contributed by atoms with E-state index in [2.05, 4.69) is 11.6 Å². The molecule has 1 rings (SSSR count). The number of phenols is 1. The Morgan fingerprint density at radius 3 is 2.75 bits per heavy atom. The number of nitrogens with one attached hydrogen (secondary N) is 1. The van der Waals surface area contributed by atoms with Crippen LogP contribution in [0.3, 0.4) is 0 Å². The summed E-state index contributed by atoms with van der Waals surface area (Å²) >= 11 is 1.91. The first-order chi connectivity index (χ1) is 7.84. The van der Waals surface area contributed by atoms with Crippen molar-refractivity contribution in [2.45, 2.75) is 25.8 Å². The van der Waals surface area contributed by atoms with Gasteiger partial charge in [0.1, 0.15) is 5.75 Å². The minimum absolute atomic E-state index is 0.386. The third-order valence-corrected chi connectivity index (χ3v) is 3.21. The lowest BCUT2D eigenvalue weighted by Gasteiger charge is -2.06. The van der Waals surface area contributed by atoms with Crippen LogP contribution in [0.1, 0.15) is 24.8 Å². The van der Waals surface area contributed by atoms with Gasteiger partial charge in [0, 0.05) is 12.1 Å². The van der Waals surface area contributed by atoms with E-state index in [-0.39, 0.29) is 0 Å². The fraction of sp³-hybridized carbons (Fsp3) is 0.538. The van der Waals surface area contributed by atoms with Gasteiger partial charge in [-0.05, 0) is 37.5 Å². The van der Waals surface area contributed by atoms with Crippen LogP contribution in [-0.2, 0) is 6.54 Å². The van der Waals surface area contributed by atoms with Crippen LogP contribution in [0.2, 0.25) is 0 Å². The van der Waals surface area contributed by atoms with Crippen molar-refractivity contribution in [2.24, 2.45) is 0 Å². The monoisotopic (exact) mass is 239 g/mol. The number of unbranched alkanes of at least 4 members (excludes halogenated alkanes) is 2. The number of hydrogen-bond donors (Lipinski definition) is 2. The molecule has 1 aromatic rings. The Morgan fingerprint density at radius 2 is 2.00 bits per heavy atom. The maximum Gasteiger partial charge on any atom is 0.120 e. The summed E-state index contributed by atoms with van der Waals surface area (Å²) in [7, 11) is 0. The molecular weight excluding hydrogens is 218 g/mol. The summed E-state index contributed by atoms with van der Waals surface area (Å²) in [5.74, 6) is 1.65. The van der Waals surface area contributed by atoms with E-state index in [1.54, 1.807) is 6.07 Å². The molecule has 0 radical (unpaired) electrons. The molecule has 0 atom stereocenters. The predicted molar refractivity (Wildman–Crippen MR) is 72.0 cm³/mol. The zero-order valence-corrected chi connectivity index (χ0v) is 10.7. The first-order valence-electron chi connectivity index (χ1n) is 5.81. The molecule has 0 aliphatic carbocycles. The number of phenolic OH excluding ortho intramolecular Hbond substituents is 1. The summed E-state index contributed by atoms with van der Waals surface area (Å²) in [6.07, 6.45) is 5.96. The number of benzene rings is 1. The molecule has 2 nitrogen and oxygen atoms in total. The molecule has 0 amide bonds. The molecule has 90 valence electrons. The van der Waals surface area contributed by atoms with Gasteiger partial charge >= 0.3 is 0 Å². The lowest BCUT2D eigenvalue weighted by atomic mass is 10.2. The standard InChI is InChI=1S/C13H21NOS/c1-16-10-6-2-5-9-14-11-12-7-3-4-8-13(12)15/h3-4,7-8,14-15H,2,5-6,9-11H2,1H3. The van der Waals surface area contributed by atoms with Crippen LogP contribution in [0.15, 0.2) is 24.3 Å². The SMILES string of the molecule is CSCCCCCNCc1ccccc1O. The lowest BCUT2D eigenvalue weighted by Crippen LogP contribution is -2.14. The second kappa shape index (κ2) is 8.48. The van der Waals surface area contributed by atoms with Gasteiger partial charge in [0.2, 0.25) is 0 Å². The van der Waals surface area contributed by atoms with Crippen LogP contribution in [0.5, 0.6) is 5.75 Å². The van der Waals surface area contributed by atoms with Crippen molar-refractivity contribution in [3.8, 4) is 5.75 Å². The van der Waals surface area contributed by atoms with Gasteiger partial charge in [-0.1, -0.05) is 24.6 Å². The van der Waals surface area contributed by atoms with E-state index in [0.29, 0.717) is 5.75 Å². The molecule has 3 heteroatoms. The zero-order chi connectivity index (χ0) is 11.6. The average molecular weight is 239 g/mol. The largest absolute Gasteiger partial charge is 0.508 e. The van der Waals surface area contributed by atoms with E-state index >= 15 is 0 Å². The fourth-order valence-corrected chi connectivity index (χ4v) is 2.05. The van der Waals surface area contributed by atoms with Gasteiger partial charge in [0.25, 0.3) is 0 Å². The summed E-state index contributed by atoms with van der Waals surface area (Å²) in [4.78, 5) is 0. The number of rotatable bonds is 8. The molecule has 0 aliphatic heterocycles. The van der Waals surface area contributed by atoms with E-state index in [9.17, 15) is 5.11 Å². The van der Waals surface area contributed by atoms with Gasteiger partial charge in [-0.15, -0.1) is 0 Å². The Bertz CT molecular complexity index is 291. The number of para-hydroxylation sites is 1. The van der Waals surface area contributed by atoms with Crippen molar-refractivity contribution in [3.63, 3.8) is 0 Å². The quantitative estimate of drug-likeness (QED) is 0.684. The molecule has 0 saturated carbocycles. The molecule has 0 aromatic heterocycles. The highest BCUT2D eigenvalue weighted by Crippen LogP contribution is 2.14. The van der Waals surface area contributed by atoms with E-state index in [0.717, 1.165) is 18.7 Å². The second-order valence-electron chi connectivity index (χ2n) is 3.86.